The second-order valence-corrected chi connectivity index (χ2v) is 2.14. The van der Waals surface area contributed by atoms with Crippen molar-refractivity contribution in [3.8, 4) is 12.3 Å². The van der Waals surface area contributed by atoms with E-state index in [1.807, 2.05) is 11.5 Å². The fourth-order valence-corrected chi connectivity index (χ4v) is 0.910. The van der Waals surface area contributed by atoms with Gasteiger partial charge in [0.25, 0.3) is 0 Å². The second kappa shape index (κ2) is 3.22. The van der Waals surface area contributed by atoms with Crippen LogP contribution < -0.4 is 0 Å². The minimum absolute atomic E-state index is 0.537. The molecule has 1 aromatic rings. The summed E-state index contributed by atoms with van der Waals surface area (Å²) >= 11 is 0. The van der Waals surface area contributed by atoms with Crippen LogP contribution in [0.5, 0.6) is 0 Å². The monoisotopic (exact) mass is 150 g/mol. The fraction of sp³-hybridized carbons (Fsp3) is 0.375. The normalized spacial score (nSPS) is 12.5. The van der Waals surface area contributed by atoms with Crippen molar-refractivity contribution in [3.63, 3.8) is 0 Å². The molecular weight excluding hydrogens is 140 g/mol. The van der Waals surface area contributed by atoms with Crippen LogP contribution in [-0.2, 0) is 6.54 Å². The summed E-state index contributed by atoms with van der Waals surface area (Å²) < 4.78 is 1.81. The van der Waals surface area contributed by atoms with Crippen LogP contribution in [0.1, 0.15) is 18.9 Å². The number of aliphatic hydroxyl groups is 1. The number of hydrogen-bond acceptors (Lipinski definition) is 2. The maximum absolute atomic E-state index is 9.21. The first-order chi connectivity index (χ1) is 5.29. The van der Waals surface area contributed by atoms with Gasteiger partial charge in [-0.25, -0.2) is 4.98 Å². The van der Waals surface area contributed by atoms with E-state index in [1.54, 1.807) is 12.4 Å². The zero-order valence-corrected chi connectivity index (χ0v) is 6.36. The lowest BCUT2D eigenvalue weighted by molar-refractivity contribution is 0.223. The van der Waals surface area contributed by atoms with E-state index in [9.17, 15) is 5.11 Å². The van der Waals surface area contributed by atoms with Crippen LogP contribution in [0, 0.1) is 12.3 Å². The number of hydrogen-bond donors (Lipinski definition) is 1. The third-order valence-corrected chi connectivity index (χ3v) is 1.49. The molecule has 0 aliphatic carbocycles. The molecule has 0 fully saturated rings. The van der Waals surface area contributed by atoms with Gasteiger partial charge in [0, 0.05) is 18.9 Å². The highest BCUT2D eigenvalue weighted by molar-refractivity contribution is 5.08. The summed E-state index contributed by atoms with van der Waals surface area (Å²) in [7, 11) is 0. The Kier molecular flexibility index (Phi) is 2.29. The van der Waals surface area contributed by atoms with Crippen LogP contribution in [0.3, 0.4) is 0 Å². The number of aromatic nitrogens is 2. The maximum Gasteiger partial charge on any atom is 0.172 e. The zero-order chi connectivity index (χ0) is 8.27. The van der Waals surface area contributed by atoms with E-state index in [0.717, 1.165) is 6.54 Å². The number of terminal acetylenes is 1. The van der Waals surface area contributed by atoms with Gasteiger partial charge < -0.3 is 9.67 Å². The molecule has 0 aromatic carbocycles. The highest BCUT2D eigenvalue weighted by Crippen LogP contribution is 2.08. The van der Waals surface area contributed by atoms with E-state index in [4.69, 9.17) is 6.42 Å². The summed E-state index contributed by atoms with van der Waals surface area (Å²) in [6, 6.07) is 0. The Labute approximate surface area is 65.7 Å². The van der Waals surface area contributed by atoms with E-state index in [0.29, 0.717) is 5.82 Å². The van der Waals surface area contributed by atoms with Gasteiger partial charge in [-0.05, 0) is 6.92 Å². The molecule has 0 spiro atoms. The highest BCUT2D eigenvalue weighted by atomic mass is 16.3. The SMILES string of the molecule is C#C[C@H](O)c1nccn1CC. The second-order valence-electron chi connectivity index (χ2n) is 2.14. The predicted octanol–water partition coefficient (Wildman–Crippen LogP) is 0.570. The van der Waals surface area contributed by atoms with E-state index in [-0.39, 0.29) is 0 Å². The first-order valence-corrected chi connectivity index (χ1v) is 3.44. The maximum atomic E-state index is 9.21. The van der Waals surface area contributed by atoms with Crippen molar-refractivity contribution >= 4 is 0 Å². The minimum atomic E-state index is -0.884. The molecule has 0 bridgehead atoms. The first kappa shape index (κ1) is 7.83. The van der Waals surface area contributed by atoms with Crippen molar-refractivity contribution in [2.24, 2.45) is 0 Å². The van der Waals surface area contributed by atoms with Gasteiger partial charge in [0.2, 0.25) is 0 Å². The van der Waals surface area contributed by atoms with E-state index < -0.39 is 6.10 Å². The lowest BCUT2D eigenvalue weighted by Gasteiger charge is -2.04. The summed E-state index contributed by atoms with van der Waals surface area (Å²) in [5.74, 6) is 2.75. The van der Waals surface area contributed by atoms with Crippen LogP contribution >= 0.6 is 0 Å². The molecule has 0 saturated carbocycles. The molecule has 0 aliphatic rings. The van der Waals surface area contributed by atoms with Gasteiger partial charge in [0.05, 0.1) is 0 Å². The summed E-state index contributed by atoms with van der Waals surface area (Å²) in [6.45, 7) is 2.74. The average molecular weight is 150 g/mol. The van der Waals surface area contributed by atoms with Crippen LogP contribution in [0.2, 0.25) is 0 Å². The molecule has 1 N–H and O–H groups in total. The van der Waals surface area contributed by atoms with Crippen molar-refractivity contribution in [1.29, 1.82) is 0 Å². The lowest BCUT2D eigenvalue weighted by Crippen LogP contribution is -2.05. The van der Waals surface area contributed by atoms with Gasteiger partial charge in [-0.2, -0.15) is 0 Å². The van der Waals surface area contributed by atoms with E-state index in [1.165, 1.54) is 0 Å². The smallest absolute Gasteiger partial charge is 0.172 e. The van der Waals surface area contributed by atoms with Crippen molar-refractivity contribution in [3.05, 3.63) is 18.2 Å². The molecule has 3 nitrogen and oxygen atoms in total. The molecule has 1 heterocycles. The van der Waals surface area contributed by atoms with E-state index in [2.05, 4.69) is 10.9 Å². The zero-order valence-electron chi connectivity index (χ0n) is 6.36. The molecule has 11 heavy (non-hydrogen) atoms. The molecule has 0 aliphatic heterocycles. The third-order valence-electron chi connectivity index (χ3n) is 1.49. The number of imidazole rings is 1. The summed E-state index contributed by atoms with van der Waals surface area (Å²) in [6.07, 6.45) is 7.56. The van der Waals surface area contributed by atoms with Gasteiger partial charge in [0.15, 0.2) is 6.10 Å². The first-order valence-electron chi connectivity index (χ1n) is 3.44. The molecule has 0 radical (unpaired) electrons. The van der Waals surface area contributed by atoms with Crippen LogP contribution in [0.15, 0.2) is 12.4 Å². The molecule has 0 unspecified atom stereocenters. The quantitative estimate of drug-likeness (QED) is 0.626. The highest BCUT2D eigenvalue weighted by Gasteiger charge is 2.08. The Morgan fingerprint density at radius 1 is 1.91 bits per heavy atom. The van der Waals surface area contributed by atoms with Crippen molar-refractivity contribution in [1.82, 2.24) is 9.55 Å². The van der Waals surface area contributed by atoms with E-state index >= 15 is 0 Å². The number of rotatable bonds is 2. The van der Waals surface area contributed by atoms with Crippen LogP contribution in [-0.4, -0.2) is 14.7 Å². The van der Waals surface area contributed by atoms with Crippen LogP contribution in [0.25, 0.3) is 0 Å². The fourth-order valence-electron chi connectivity index (χ4n) is 0.910. The molecule has 1 rings (SSSR count). The molecule has 58 valence electrons. The predicted molar refractivity (Wildman–Crippen MR) is 41.7 cm³/mol. The number of nitrogens with zero attached hydrogens (tertiary/aromatic N) is 2. The van der Waals surface area contributed by atoms with Gasteiger partial charge in [-0.1, -0.05) is 5.92 Å². The van der Waals surface area contributed by atoms with Gasteiger partial charge in [-0.3, -0.25) is 0 Å². The minimum Gasteiger partial charge on any atom is -0.373 e. The number of aliphatic hydroxyl groups excluding tert-OH is 1. The average Bonchev–Trinajstić information content (AvgIpc) is 2.50. The van der Waals surface area contributed by atoms with Crippen molar-refractivity contribution < 1.29 is 5.11 Å². The topological polar surface area (TPSA) is 38.1 Å². The Balaban J connectivity index is 2.94. The standard InChI is InChI=1S/C8H10N2O/c1-3-7(11)8-9-5-6-10(8)4-2/h1,5-7,11H,4H2,2H3/t7-/m0/s1. The molecular formula is C8H10N2O. The van der Waals surface area contributed by atoms with Gasteiger partial charge >= 0.3 is 0 Å². The molecule has 1 atom stereocenters. The Hall–Kier alpha value is -1.27. The van der Waals surface area contributed by atoms with Gasteiger partial charge in [-0.15, -0.1) is 6.42 Å². The summed E-state index contributed by atoms with van der Waals surface area (Å²) in [5, 5.41) is 9.21. The Morgan fingerprint density at radius 3 is 3.18 bits per heavy atom. The molecule has 0 amide bonds. The summed E-state index contributed by atoms with van der Waals surface area (Å²) in [4.78, 5) is 3.93. The molecule has 1 aromatic heterocycles. The summed E-state index contributed by atoms with van der Waals surface area (Å²) in [5.41, 5.74) is 0. The Morgan fingerprint density at radius 2 is 2.64 bits per heavy atom. The van der Waals surface area contributed by atoms with Crippen molar-refractivity contribution in [2.75, 3.05) is 0 Å². The number of aryl methyl sites for hydroxylation is 1. The lowest BCUT2D eigenvalue weighted by atomic mass is 10.3. The van der Waals surface area contributed by atoms with Crippen molar-refractivity contribution in [2.45, 2.75) is 19.6 Å². The Bertz CT molecular complexity index is 272. The molecule has 0 saturated heterocycles. The molecule has 3 heteroatoms. The van der Waals surface area contributed by atoms with Gasteiger partial charge in [0.1, 0.15) is 5.82 Å². The largest absolute Gasteiger partial charge is 0.373 e. The van der Waals surface area contributed by atoms with Crippen LogP contribution in [0.4, 0.5) is 0 Å². The third kappa shape index (κ3) is 1.41.